The number of aliphatic hydroxyl groups excluding tert-OH is 1. The van der Waals surface area contributed by atoms with Crippen molar-refractivity contribution >= 4 is 0 Å². The van der Waals surface area contributed by atoms with Gasteiger partial charge >= 0.3 is 0 Å². The first-order chi connectivity index (χ1) is 8.26. The molecule has 0 aromatic heterocycles. The lowest BCUT2D eigenvalue weighted by Gasteiger charge is -2.09. The molecule has 1 aromatic rings. The van der Waals surface area contributed by atoms with Gasteiger partial charge in [-0.2, -0.15) is 0 Å². The average Bonchev–Trinajstić information content (AvgIpc) is 2.35. The van der Waals surface area contributed by atoms with Crippen LogP contribution in [0.25, 0.3) is 0 Å². The maximum atomic E-state index is 9.70. The predicted octanol–water partition coefficient (Wildman–Crippen LogP) is 2.67. The zero-order chi connectivity index (χ0) is 12.5. The summed E-state index contributed by atoms with van der Waals surface area (Å²) in [4.78, 5) is 0. The van der Waals surface area contributed by atoms with E-state index >= 15 is 0 Å². The second-order valence-electron chi connectivity index (χ2n) is 4.69. The van der Waals surface area contributed by atoms with Gasteiger partial charge < -0.3 is 10.8 Å². The van der Waals surface area contributed by atoms with E-state index in [4.69, 9.17) is 5.73 Å². The molecule has 1 rings (SSSR count). The Morgan fingerprint density at radius 2 is 1.88 bits per heavy atom. The molecular formula is C15H25NO. The van der Waals surface area contributed by atoms with Crippen molar-refractivity contribution in [2.75, 3.05) is 6.54 Å². The number of hydrogen-bond donors (Lipinski definition) is 2. The normalized spacial score (nSPS) is 12.6. The Morgan fingerprint density at radius 3 is 2.53 bits per heavy atom. The highest BCUT2D eigenvalue weighted by atomic mass is 16.3. The van der Waals surface area contributed by atoms with E-state index in [1.807, 2.05) is 0 Å². The summed E-state index contributed by atoms with van der Waals surface area (Å²) in [7, 11) is 0. The van der Waals surface area contributed by atoms with Crippen LogP contribution in [-0.2, 0) is 12.8 Å². The molecule has 0 aliphatic rings. The molecule has 2 nitrogen and oxygen atoms in total. The highest BCUT2D eigenvalue weighted by Crippen LogP contribution is 2.12. The van der Waals surface area contributed by atoms with Crippen molar-refractivity contribution < 1.29 is 5.11 Å². The average molecular weight is 235 g/mol. The van der Waals surface area contributed by atoms with Gasteiger partial charge in [0.05, 0.1) is 6.10 Å². The summed E-state index contributed by atoms with van der Waals surface area (Å²) in [5.74, 6) is 0. The molecule has 0 aliphatic heterocycles. The van der Waals surface area contributed by atoms with Gasteiger partial charge in [-0.05, 0) is 49.8 Å². The van der Waals surface area contributed by atoms with Crippen LogP contribution in [0, 0.1) is 0 Å². The van der Waals surface area contributed by atoms with Crippen molar-refractivity contribution in [1.29, 1.82) is 0 Å². The van der Waals surface area contributed by atoms with E-state index in [1.54, 1.807) is 0 Å². The van der Waals surface area contributed by atoms with Crippen molar-refractivity contribution in [3.8, 4) is 0 Å². The van der Waals surface area contributed by atoms with E-state index in [0.717, 1.165) is 45.1 Å². The van der Waals surface area contributed by atoms with Crippen LogP contribution in [-0.4, -0.2) is 17.8 Å². The van der Waals surface area contributed by atoms with Gasteiger partial charge in [0, 0.05) is 0 Å². The molecule has 0 radical (unpaired) electrons. The van der Waals surface area contributed by atoms with E-state index in [1.165, 1.54) is 11.1 Å². The Bertz CT molecular complexity index is 312. The molecule has 0 heterocycles. The minimum Gasteiger partial charge on any atom is -0.393 e. The van der Waals surface area contributed by atoms with Gasteiger partial charge in [0.1, 0.15) is 0 Å². The third kappa shape index (κ3) is 5.85. The summed E-state index contributed by atoms with van der Waals surface area (Å²) in [5, 5.41) is 9.70. The van der Waals surface area contributed by atoms with E-state index in [-0.39, 0.29) is 6.10 Å². The van der Waals surface area contributed by atoms with Gasteiger partial charge in [-0.25, -0.2) is 0 Å². The molecule has 0 amide bonds. The summed E-state index contributed by atoms with van der Waals surface area (Å²) in [6, 6.07) is 8.65. The maximum absolute atomic E-state index is 9.70. The number of rotatable bonds is 8. The fourth-order valence-electron chi connectivity index (χ4n) is 2.06. The van der Waals surface area contributed by atoms with E-state index in [2.05, 4.69) is 31.2 Å². The van der Waals surface area contributed by atoms with Crippen molar-refractivity contribution in [2.45, 2.75) is 51.6 Å². The van der Waals surface area contributed by atoms with Gasteiger partial charge in [-0.1, -0.05) is 37.6 Å². The Hall–Kier alpha value is -0.860. The molecule has 0 spiro atoms. The third-order valence-corrected chi connectivity index (χ3v) is 3.05. The molecule has 17 heavy (non-hydrogen) atoms. The molecule has 0 aliphatic carbocycles. The Balaban J connectivity index is 2.42. The monoisotopic (exact) mass is 235 g/mol. The van der Waals surface area contributed by atoms with Crippen molar-refractivity contribution in [3.05, 3.63) is 35.4 Å². The van der Waals surface area contributed by atoms with Gasteiger partial charge in [-0.3, -0.25) is 0 Å². The first kappa shape index (κ1) is 14.2. The molecular weight excluding hydrogens is 210 g/mol. The van der Waals surface area contributed by atoms with Crippen LogP contribution in [0.5, 0.6) is 0 Å². The number of aliphatic hydroxyl groups is 1. The summed E-state index contributed by atoms with van der Waals surface area (Å²) < 4.78 is 0. The molecule has 0 saturated heterocycles. The largest absolute Gasteiger partial charge is 0.393 e. The SMILES string of the molecule is CCCC(O)CCc1cccc(CCCN)c1. The van der Waals surface area contributed by atoms with Crippen molar-refractivity contribution in [1.82, 2.24) is 0 Å². The third-order valence-electron chi connectivity index (χ3n) is 3.05. The van der Waals surface area contributed by atoms with Crippen LogP contribution in [0.2, 0.25) is 0 Å². The lowest BCUT2D eigenvalue weighted by molar-refractivity contribution is 0.154. The minimum absolute atomic E-state index is 0.146. The Kier molecular flexibility index (Phi) is 6.90. The first-order valence-electron chi connectivity index (χ1n) is 6.72. The summed E-state index contributed by atoms with van der Waals surface area (Å²) in [6.07, 6.45) is 5.76. The van der Waals surface area contributed by atoms with E-state index in [9.17, 15) is 5.11 Å². The molecule has 1 unspecified atom stereocenters. The minimum atomic E-state index is -0.146. The molecule has 0 bridgehead atoms. The van der Waals surface area contributed by atoms with Gasteiger partial charge in [0.2, 0.25) is 0 Å². The van der Waals surface area contributed by atoms with Gasteiger partial charge in [-0.15, -0.1) is 0 Å². The van der Waals surface area contributed by atoms with Crippen LogP contribution < -0.4 is 5.73 Å². The fourth-order valence-corrected chi connectivity index (χ4v) is 2.06. The van der Waals surface area contributed by atoms with E-state index in [0.29, 0.717) is 0 Å². The first-order valence-corrected chi connectivity index (χ1v) is 6.72. The van der Waals surface area contributed by atoms with Crippen molar-refractivity contribution in [3.63, 3.8) is 0 Å². The fraction of sp³-hybridized carbons (Fsp3) is 0.600. The number of benzene rings is 1. The zero-order valence-corrected chi connectivity index (χ0v) is 10.9. The summed E-state index contributed by atoms with van der Waals surface area (Å²) in [6.45, 7) is 2.86. The molecule has 0 fully saturated rings. The number of aryl methyl sites for hydroxylation is 2. The number of nitrogens with two attached hydrogens (primary N) is 1. The van der Waals surface area contributed by atoms with Crippen LogP contribution in [0.1, 0.15) is 43.7 Å². The molecule has 3 N–H and O–H groups in total. The molecule has 96 valence electrons. The standard InChI is InChI=1S/C15H25NO/c1-2-5-15(17)10-9-14-7-3-6-13(12-14)8-4-11-16/h3,6-7,12,15,17H,2,4-5,8-11,16H2,1H3. The van der Waals surface area contributed by atoms with Crippen LogP contribution in [0.4, 0.5) is 0 Å². The van der Waals surface area contributed by atoms with Gasteiger partial charge in [0.25, 0.3) is 0 Å². The molecule has 1 atom stereocenters. The van der Waals surface area contributed by atoms with Gasteiger partial charge in [0.15, 0.2) is 0 Å². The molecule has 0 saturated carbocycles. The second kappa shape index (κ2) is 8.26. The van der Waals surface area contributed by atoms with Crippen LogP contribution in [0.3, 0.4) is 0 Å². The molecule has 2 heteroatoms. The highest BCUT2D eigenvalue weighted by molar-refractivity contribution is 5.23. The smallest absolute Gasteiger partial charge is 0.0543 e. The lowest BCUT2D eigenvalue weighted by atomic mass is 10.0. The highest BCUT2D eigenvalue weighted by Gasteiger charge is 2.03. The second-order valence-corrected chi connectivity index (χ2v) is 4.69. The number of hydrogen-bond acceptors (Lipinski definition) is 2. The summed E-state index contributed by atoms with van der Waals surface area (Å²) in [5.41, 5.74) is 8.20. The quantitative estimate of drug-likeness (QED) is 0.727. The zero-order valence-electron chi connectivity index (χ0n) is 10.9. The Morgan fingerprint density at radius 1 is 1.18 bits per heavy atom. The lowest BCUT2D eigenvalue weighted by Crippen LogP contribution is -2.07. The van der Waals surface area contributed by atoms with Crippen LogP contribution >= 0.6 is 0 Å². The summed E-state index contributed by atoms with van der Waals surface area (Å²) >= 11 is 0. The van der Waals surface area contributed by atoms with Crippen molar-refractivity contribution in [2.24, 2.45) is 5.73 Å². The topological polar surface area (TPSA) is 46.2 Å². The maximum Gasteiger partial charge on any atom is 0.0543 e. The van der Waals surface area contributed by atoms with E-state index < -0.39 is 0 Å². The Labute approximate surface area is 105 Å². The van der Waals surface area contributed by atoms with Crippen LogP contribution in [0.15, 0.2) is 24.3 Å². The predicted molar refractivity (Wildman–Crippen MR) is 73.1 cm³/mol. The molecule has 1 aromatic carbocycles.